The van der Waals surface area contributed by atoms with E-state index in [9.17, 15) is 4.79 Å². The highest BCUT2D eigenvalue weighted by Gasteiger charge is 2.74. The molecule has 0 spiro atoms. The minimum atomic E-state index is -2.14. The lowest BCUT2D eigenvalue weighted by Gasteiger charge is -2.39. The van der Waals surface area contributed by atoms with Gasteiger partial charge in [-0.2, -0.15) is 5.10 Å². The van der Waals surface area contributed by atoms with Crippen LogP contribution in [0.2, 0.25) is 28.2 Å². The van der Waals surface area contributed by atoms with Crippen LogP contribution < -0.4 is 0 Å². The second-order valence-electron chi connectivity index (χ2n) is 9.93. The number of hydrogen-bond acceptors (Lipinski definition) is 5. The van der Waals surface area contributed by atoms with E-state index < -0.39 is 13.9 Å². The molecule has 0 bridgehead atoms. The van der Waals surface area contributed by atoms with Crippen LogP contribution in [0, 0.1) is 0 Å². The van der Waals surface area contributed by atoms with Gasteiger partial charge in [-0.15, -0.1) is 0 Å². The number of esters is 1. The van der Waals surface area contributed by atoms with E-state index >= 15 is 0 Å². The van der Waals surface area contributed by atoms with Crippen molar-refractivity contribution in [2.45, 2.75) is 63.1 Å². The molecule has 3 heterocycles. The number of carbonyl (C=O) groups excluding carboxylic acids is 1. The zero-order chi connectivity index (χ0) is 23.5. The molecule has 0 saturated carbocycles. The average Bonchev–Trinajstić information content (AvgIpc) is 3.08. The van der Waals surface area contributed by atoms with Crippen LogP contribution in [0.3, 0.4) is 0 Å². The minimum absolute atomic E-state index is 0.0135. The number of fused-ring (bicyclic) bond motifs is 1. The smallest absolute Gasteiger partial charge is 0.328 e. The molecule has 9 heteroatoms. The highest BCUT2D eigenvalue weighted by Crippen LogP contribution is 2.65. The molecule has 4 rings (SSSR count). The maximum absolute atomic E-state index is 13.3. The first-order chi connectivity index (χ1) is 14.9. The molecular weight excluding hydrogens is 465 g/mol. The zero-order valence-corrected chi connectivity index (χ0v) is 21.7. The van der Waals surface area contributed by atoms with E-state index in [1.165, 1.54) is 7.11 Å². The van der Waals surface area contributed by atoms with Crippen LogP contribution in [0.1, 0.15) is 45.0 Å². The van der Waals surface area contributed by atoms with Crippen molar-refractivity contribution >= 4 is 37.5 Å². The number of aromatic nitrogens is 2. The standard InChI is InChI=1S/C23H29Cl2N3O3Si/c1-22(2,3)32(5,6)31-15-13-18(27-12-8-11-26-27)28-20(23(28,14-15)21(29)30-4)19-16(24)9-7-10-17(19)25/h7-13,18,20H,14H2,1-6H3/t18-,20+,23+,28?/m0/s1. The molecule has 1 unspecified atom stereocenters. The molecule has 0 N–H and O–H groups in total. The lowest BCUT2D eigenvalue weighted by molar-refractivity contribution is -0.146. The van der Waals surface area contributed by atoms with Crippen LogP contribution in [0.4, 0.5) is 0 Å². The summed E-state index contributed by atoms with van der Waals surface area (Å²) in [5.41, 5.74) is -0.243. The van der Waals surface area contributed by atoms with Gasteiger partial charge in [0, 0.05) is 34.4 Å². The Bertz CT molecular complexity index is 1040. The third-order valence-corrected chi connectivity index (χ3v) is 12.0. The van der Waals surface area contributed by atoms with Crippen molar-refractivity contribution < 1.29 is 14.0 Å². The summed E-state index contributed by atoms with van der Waals surface area (Å²) in [6.45, 7) is 11.0. The van der Waals surface area contributed by atoms with E-state index in [0.29, 0.717) is 16.5 Å². The molecular formula is C23H29Cl2N3O3Si. The second kappa shape index (κ2) is 7.90. The Labute approximate surface area is 200 Å². The van der Waals surface area contributed by atoms with E-state index in [4.69, 9.17) is 32.4 Å². The predicted molar refractivity (Wildman–Crippen MR) is 128 cm³/mol. The Morgan fingerprint density at radius 2 is 1.88 bits per heavy atom. The van der Waals surface area contributed by atoms with Crippen molar-refractivity contribution in [2.24, 2.45) is 0 Å². The SMILES string of the molecule is COC(=O)[C@]12CC(O[Si](C)(C)C(C)(C)C)=C[C@@H](n3cccn3)N1[C@@H]2c1c(Cl)cccc1Cl. The monoisotopic (exact) mass is 493 g/mol. The first-order valence-electron chi connectivity index (χ1n) is 10.6. The van der Waals surface area contributed by atoms with Gasteiger partial charge in [-0.05, 0) is 42.4 Å². The number of benzene rings is 1. The summed E-state index contributed by atoms with van der Waals surface area (Å²) >= 11 is 13.2. The van der Waals surface area contributed by atoms with Gasteiger partial charge in [0.15, 0.2) is 0 Å². The quantitative estimate of drug-likeness (QED) is 0.291. The van der Waals surface area contributed by atoms with Crippen molar-refractivity contribution in [3.8, 4) is 0 Å². The van der Waals surface area contributed by atoms with Crippen molar-refractivity contribution in [1.82, 2.24) is 14.7 Å². The molecule has 0 aliphatic carbocycles. The first-order valence-corrected chi connectivity index (χ1v) is 14.3. The highest BCUT2D eigenvalue weighted by atomic mass is 35.5. The van der Waals surface area contributed by atoms with Crippen LogP contribution in [-0.2, 0) is 14.0 Å². The van der Waals surface area contributed by atoms with Crippen molar-refractivity contribution in [3.05, 3.63) is 64.1 Å². The van der Waals surface area contributed by atoms with Crippen LogP contribution in [-0.4, -0.2) is 41.6 Å². The number of ether oxygens (including phenoxy) is 1. The van der Waals surface area contributed by atoms with Gasteiger partial charge in [-0.3, -0.25) is 9.58 Å². The first kappa shape index (κ1) is 23.4. The Kier molecular flexibility index (Phi) is 5.77. The van der Waals surface area contributed by atoms with Gasteiger partial charge in [-0.1, -0.05) is 50.0 Å². The van der Waals surface area contributed by atoms with Gasteiger partial charge in [0.25, 0.3) is 0 Å². The highest BCUT2D eigenvalue weighted by molar-refractivity contribution is 6.74. The van der Waals surface area contributed by atoms with Gasteiger partial charge in [0.05, 0.1) is 18.9 Å². The van der Waals surface area contributed by atoms with E-state index in [1.807, 2.05) is 16.9 Å². The number of hydrogen-bond donors (Lipinski definition) is 0. The van der Waals surface area contributed by atoms with Crippen molar-refractivity contribution in [2.75, 3.05) is 7.11 Å². The fraction of sp³-hybridized carbons (Fsp3) is 0.478. The Balaban J connectivity index is 1.84. The van der Waals surface area contributed by atoms with E-state index in [0.717, 1.165) is 11.3 Å². The molecule has 1 aromatic carbocycles. The summed E-state index contributed by atoms with van der Waals surface area (Å²) in [5.74, 6) is 0.449. The number of nitrogens with zero attached hydrogens (tertiary/aromatic N) is 3. The summed E-state index contributed by atoms with van der Waals surface area (Å²) in [5, 5.41) is 5.51. The zero-order valence-electron chi connectivity index (χ0n) is 19.2. The minimum Gasteiger partial charge on any atom is -0.547 e. The van der Waals surface area contributed by atoms with Crippen LogP contribution >= 0.6 is 23.2 Å². The van der Waals surface area contributed by atoms with Crippen LogP contribution in [0.5, 0.6) is 0 Å². The van der Waals surface area contributed by atoms with E-state index in [2.05, 4.69) is 49.9 Å². The summed E-state index contributed by atoms with van der Waals surface area (Å²) in [6.07, 6.45) is 5.70. The maximum atomic E-state index is 13.3. The van der Waals surface area contributed by atoms with Gasteiger partial charge >= 0.3 is 5.97 Å². The predicted octanol–water partition coefficient (Wildman–Crippen LogP) is 5.97. The lowest BCUT2D eigenvalue weighted by Crippen LogP contribution is -2.43. The number of rotatable bonds is 5. The number of halogens is 2. The molecule has 2 aliphatic heterocycles. The van der Waals surface area contributed by atoms with Gasteiger partial charge in [0.2, 0.25) is 8.32 Å². The molecule has 32 heavy (non-hydrogen) atoms. The van der Waals surface area contributed by atoms with Crippen LogP contribution in [0.25, 0.3) is 0 Å². The van der Waals surface area contributed by atoms with Gasteiger partial charge in [0.1, 0.15) is 11.7 Å². The molecule has 4 atom stereocenters. The van der Waals surface area contributed by atoms with Crippen molar-refractivity contribution in [3.63, 3.8) is 0 Å². The second-order valence-corrected chi connectivity index (χ2v) is 15.5. The molecule has 2 aromatic rings. The molecule has 2 aliphatic rings. The van der Waals surface area contributed by atoms with Crippen LogP contribution in [0.15, 0.2) is 48.5 Å². The Morgan fingerprint density at radius 3 is 2.41 bits per heavy atom. The summed E-state index contributed by atoms with van der Waals surface area (Å²) < 4.78 is 13.8. The summed E-state index contributed by atoms with van der Waals surface area (Å²) in [4.78, 5) is 15.4. The molecule has 172 valence electrons. The molecule has 1 aromatic heterocycles. The normalized spacial score (nSPS) is 27.4. The molecule has 6 nitrogen and oxygen atoms in total. The average molecular weight is 494 g/mol. The third kappa shape index (κ3) is 3.59. The van der Waals surface area contributed by atoms with Crippen molar-refractivity contribution in [1.29, 1.82) is 0 Å². The number of methoxy groups -OCH3 is 1. The van der Waals surface area contributed by atoms with E-state index in [-0.39, 0.29) is 23.2 Å². The molecule has 0 amide bonds. The lowest BCUT2D eigenvalue weighted by atomic mass is 9.94. The Morgan fingerprint density at radius 1 is 1.22 bits per heavy atom. The van der Waals surface area contributed by atoms with Gasteiger partial charge < -0.3 is 9.16 Å². The maximum Gasteiger partial charge on any atom is 0.328 e. The molecule has 0 radical (unpaired) electrons. The Hall–Kier alpha value is -1.80. The van der Waals surface area contributed by atoms with E-state index in [1.54, 1.807) is 24.4 Å². The van der Waals surface area contributed by atoms with Gasteiger partial charge in [-0.25, -0.2) is 4.79 Å². The fourth-order valence-electron chi connectivity index (χ4n) is 4.31. The fourth-order valence-corrected chi connectivity index (χ4v) is 6.02. The third-order valence-electron chi connectivity index (χ3n) is 6.99. The number of carbonyl (C=O) groups is 1. The topological polar surface area (TPSA) is 56.4 Å². The largest absolute Gasteiger partial charge is 0.547 e. The molecule has 1 saturated heterocycles. The summed E-state index contributed by atoms with van der Waals surface area (Å²) in [7, 11) is -0.728. The molecule has 1 fully saturated rings. The summed E-state index contributed by atoms with van der Waals surface area (Å²) in [6, 6.07) is 6.89.